The number of imidazole rings is 1. The molecule has 1 amide bonds. The van der Waals surface area contributed by atoms with Gasteiger partial charge in [-0.3, -0.25) is 9.78 Å². The molecule has 4 aromatic rings. The number of ether oxygens (including phenoxy) is 3. The lowest BCUT2D eigenvalue weighted by Gasteiger charge is -2.17. The fourth-order valence-electron chi connectivity index (χ4n) is 3.81. The Balaban J connectivity index is 1.34. The van der Waals surface area contributed by atoms with Gasteiger partial charge in [-0.05, 0) is 32.0 Å². The van der Waals surface area contributed by atoms with Crippen molar-refractivity contribution in [1.82, 2.24) is 24.6 Å². The summed E-state index contributed by atoms with van der Waals surface area (Å²) in [5, 5.41) is 6.84. The molecule has 1 aliphatic heterocycles. The topological polar surface area (TPSA) is 113 Å². The van der Waals surface area contributed by atoms with Crippen molar-refractivity contribution in [2.75, 3.05) is 18.5 Å². The maximum absolute atomic E-state index is 13.5. The van der Waals surface area contributed by atoms with Crippen molar-refractivity contribution >= 4 is 17.4 Å². The van der Waals surface area contributed by atoms with Gasteiger partial charge in [-0.2, -0.15) is 23.3 Å². The normalized spacial score (nSPS) is 17.2. The first kappa shape index (κ1) is 24.6. The van der Waals surface area contributed by atoms with Crippen LogP contribution in [0.15, 0.2) is 55.0 Å². The number of anilines is 1. The zero-order chi connectivity index (χ0) is 26.2. The van der Waals surface area contributed by atoms with E-state index in [0.717, 1.165) is 6.07 Å². The third-order valence-corrected chi connectivity index (χ3v) is 5.44. The molecule has 10 nitrogen and oxygen atoms in total. The first-order chi connectivity index (χ1) is 17.6. The largest absolute Gasteiger partial charge is 0.474 e. The first-order valence-corrected chi connectivity index (χ1v) is 11.2. The third-order valence-electron chi connectivity index (χ3n) is 5.44. The lowest BCUT2D eigenvalue weighted by Crippen LogP contribution is -2.25. The van der Waals surface area contributed by atoms with Crippen molar-refractivity contribution in [1.29, 1.82) is 0 Å². The molecule has 0 unspecified atom stereocenters. The van der Waals surface area contributed by atoms with Crippen molar-refractivity contribution in [2.24, 2.45) is 0 Å². The molecule has 1 aliphatic rings. The number of fused-ring (bicyclic) bond motifs is 1. The highest BCUT2D eigenvalue weighted by Crippen LogP contribution is 2.36. The lowest BCUT2D eigenvalue weighted by molar-refractivity contribution is -0.141. The fraction of sp³-hybridized carbons (Fsp3) is 0.292. The SMILES string of the molecule is CC1(C)OC[C@@H](COc2cncc(NC(=O)c3cnc4ccc(-c5ccccc5C(F)(F)F)nn34)n2)O1. The molecule has 0 saturated carbocycles. The maximum atomic E-state index is 13.5. The molecule has 5 rings (SSSR count). The highest BCUT2D eigenvalue weighted by Gasteiger charge is 2.34. The summed E-state index contributed by atoms with van der Waals surface area (Å²) in [6, 6.07) is 7.98. The minimum Gasteiger partial charge on any atom is -0.474 e. The van der Waals surface area contributed by atoms with Crippen LogP contribution in [0, 0.1) is 0 Å². The number of carbonyl (C=O) groups is 1. The van der Waals surface area contributed by atoms with Gasteiger partial charge < -0.3 is 19.5 Å². The van der Waals surface area contributed by atoms with Crippen molar-refractivity contribution in [3.05, 3.63) is 66.2 Å². The summed E-state index contributed by atoms with van der Waals surface area (Å²) in [5.74, 6) is -1.07. The van der Waals surface area contributed by atoms with Crippen LogP contribution < -0.4 is 10.1 Å². The summed E-state index contributed by atoms with van der Waals surface area (Å²) in [5.41, 5.74) is -0.647. The predicted molar refractivity (Wildman–Crippen MR) is 124 cm³/mol. The summed E-state index contributed by atoms with van der Waals surface area (Å²) in [6.45, 7) is 4.15. The Morgan fingerprint density at radius 3 is 2.76 bits per heavy atom. The second-order valence-corrected chi connectivity index (χ2v) is 8.63. The van der Waals surface area contributed by atoms with Crippen LogP contribution in [0.3, 0.4) is 0 Å². The number of benzene rings is 1. The summed E-state index contributed by atoms with van der Waals surface area (Å²) in [7, 11) is 0. The number of rotatable bonds is 6. The number of amides is 1. The monoisotopic (exact) mass is 514 g/mol. The highest BCUT2D eigenvalue weighted by molar-refractivity contribution is 6.02. The number of nitrogens with one attached hydrogen (secondary N) is 1. The van der Waals surface area contributed by atoms with E-state index in [0.29, 0.717) is 6.61 Å². The summed E-state index contributed by atoms with van der Waals surface area (Å²) in [6.07, 6.45) is -0.872. The van der Waals surface area contributed by atoms with E-state index in [1.54, 1.807) is 13.8 Å². The van der Waals surface area contributed by atoms with Gasteiger partial charge in [-0.1, -0.05) is 18.2 Å². The zero-order valence-corrected chi connectivity index (χ0v) is 19.7. The van der Waals surface area contributed by atoms with Crippen molar-refractivity contribution < 1.29 is 32.2 Å². The third kappa shape index (κ3) is 5.37. The van der Waals surface area contributed by atoms with Gasteiger partial charge in [0.25, 0.3) is 5.91 Å². The van der Waals surface area contributed by atoms with Crippen LogP contribution in [-0.2, 0) is 15.7 Å². The van der Waals surface area contributed by atoms with Crippen LogP contribution >= 0.6 is 0 Å². The van der Waals surface area contributed by atoms with Crippen molar-refractivity contribution in [2.45, 2.75) is 31.9 Å². The molecule has 0 spiro atoms. The van der Waals surface area contributed by atoms with Gasteiger partial charge in [-0.15, -0.1) is 0 Å². The summed E-state index contributed by atoms with van der Waals surface area (Å²) in [4.78, 5) is 25.3. The molecule has 1 aromatic carbocycles. The molecule has 3 aromatic heterocycles. The second kappa shape index (κ2) is 9.41. The quantitative estimate of drug-likeness (QED) is 0.411. The number of hydrogen-bond acceptors (Lipinski definition) is 8. The van der Waals surface area contributed by atoms with Crippen molar-refractivity contribution in [3.63, 3.8) is 0 Å². The molecular weight excluding hydrogens is 493 g/mol. The average Bonchev–Trinajstić information content (AvgIpc) is 3.44. The molecule has 0 aliphatic carbocycles. The molecule has 1 N–H and O–H groups in total. The number of hydrogen-bond donors (Lipinski definition) is 1. The molecule has 4 heterocycles. The van der Waals surface area contributed by atoms with Crippen LogP contribution in [0.4, 0.5) is 19.0 Å². The van der Waals surface area contributed by atoms with E-state index in [1.807, 2.05) is 0 Å². The van der Waals surface area contributed by atoms with E-state index in [4.69, 9.17) is 14.2 Å². The second-order valence-electron chi connectivity index (χ2n) is 8.63. The molecule has 13 heteroatoms. The van der Waals surface area contributed by atoms with E-state index < -0.39 is 23.4 Å². The van der Waals surface area contributed by atoms with Crippen LogP contribution in [0.1, 0.15) is 29.9 Å². The Kier molecular flexibility index (Phi) is 6.25. The highest BCUT2D eigenvalue weighted by atomic mass is 19.4. The standard InChI is InChI=1S/C24H21F3N6O4/c1-23(2)36-13-14(37-23)12-35-21-11-28-10-19(30-21)31-22(34)18-9-29-20-8-7-17(32-33(18)20)15-5-3-4-6-16(15)24(25,26)27/h3-11,14H,12-13H2,1-2H3,(H,30,31,34)/t14-/m1/s1. The van der Waals surface area contributed by atoms with Crippen LogP contribution in [0.25, 0.3) is 16.9 Å². The summed E-state index contributed by atoms with van der Waals surface area (Å²) < 4.78 is 58.5. The Morgan fingerprint density at radius 2 is 2.00 bits per heavy atom. The lowest BCUT2D eigenvalue weighted by atomic mass is 10.0. The molecule has 1 saturated heterocycles. The van der Waals surface area contributed by atoms with Crippen LogP contribution in [0.5, 0.6) is 5.88 Å². The number of nitrogens with zero attached hydrogens (tertiary/aromatic N) is 5. The van der Waals surface area contributed by atoms with E-state index in [-0.39, 0.29) is 47.0 Å². The van der Waals surface area contributed by atoms with E-state index in [1.165, 1.54) is 53.4 Å². The number of halogens is 3. The fourth-order valence-corrected chi connectivity index (χ4v) is 3.81. The van der Waals surface area contributed by atoms with Gasteiger partial charge in [0.05, 0.1) is 36.5 Å². The minimum absolute atomic E-state index is 0.00630. The molecule has 37 heavy (non-hydrogen) atoms. The van der Waals surface area contributed by atoms with Crippen LogP contribution in [0.2, 0.25) is 0 Å². The van der Waals surface area contributed by atoms with E-state index in [2.05, 4.69) is 25.4 Å². The minimum atomic E-state index is -4.57. The van der Waals surface area contributed by atoms with E-state index in [9.17, 15) is 18.0 Å². The molecule has 0 radical (unpaired) electrons. The van der Waals surface area contributed by atoms with E-state index >= 15 is 0 Å². The summed E-state index contributed by atoms with van der Waals surface area (Å²) >= 11 is 0. The molecule has 0 bridgehead atoms. The van der Waals surface area contributed by atoms with Crippen molar-refractivity contribution in [3.8, 4) is 17.1 Å². The smallest absolute Gasteiger partial charge is 0.417 e. The number of aromatic nitrogens is 5. The van der Waals surface area contributed by atoms with Gasteiger partial charge in [0.1, 0.15) is 12.7 Å². The maximum Gasteiger partial charge on any atom is 0.417 e. The van der Waals surface area contributed by atoms with Gasteiger partial charge in [-0.25, -0.2) is 9.50 Å². The zero-order valence-electron chi connectivity index (χ0n) is 19.7. The van der Waals surface area contributed by atoms with Gasteiger partial charge in [0.2, 0.25) is 5.88 Å². The number of alkyl halides is 3. The van der Waals surface area contributed by atoms with Gasteiger partial charge in [0, 0.05) is 5.56 Å². The Hall–Kier alpha value is -4.10. The molecule has 1 atom stereocenters. The molecule has 1 fully saturated rings. The van der Waals surface area contributed by atoms with Gasteiger partial charge in [0.15, 0.2) is 22.9 Å². The Bertz CT molecular complexity index is 1460. The van der Waals surface area contributed by atoms with Gasteiger partial charge >= 0.3 is 6.18 Å². The Labute approximate surface area is 208 Å². The van der Waals surface area contributed by atoms with Crippen LogP contribution in [-0.4, -0.2) is 55.6 Å². The molecule has 192 valence electrons. The predicted octanol–water partition coefficient (Wildman–Crippen LogP) is 3.99. The Morgan fingerprint density at radius 1 is 1.19 bits per heavy atom. The number of carbonyl (C=O) groups excluding carboxylic acids is 1. The first-order valence-electron chi connectivity index (χ1n) is 11.2. The average molecular weight is 514 g/mol. The molecular formula is C24H21F3N6O4.